The van der Waals surface area contributed by atoms with Gasteiger partial charge in [-0.1, -0.05) is 32.5 Å². The third-order valence-corrected chi connectivity index (χ3v) is 8.07. The van der Waals surface area contributed by atoms with Gasteiger partial charge in [-0.2, -0.15) is 5.10 Å². The van der Waals surface area contributed by atoms with Crippen LogP contribution in [0.4, 0.5) is 8.78 Å². The molecule has 6 rings (SSSR count). The van der Waals surface area contributed by atoms with Crippen LogP contribution >= 0.6 is 11.8 Å². The van der Waals surface area contributed by atoms with Gasteiger partial charge >= 0.3 is 5.97 Å². The van der Waals surface area contributed by atoms with Crippen LogP contribution in [0, 0.1) is 35.3 Å². The van der Waals surface area contributed by atoms with Crippen molar-refractivity contribution in [3.63, 3.8) is 0 Å². The van der Waals surface area contributed by atoms with Crippen LogP contribution < -0.4 is 0 Å². The van der Waals surface area contributed by atoms with Gasteiger partial charge in [0.05, 0.1) is 23.2 Å². The second kappa shape index (κ2) is 8.55. The van der Waals surface area contributed by atoms with Crippen molar-refractivity contribution in [1.82, 2.24) is 25.1 Å². The summed E-state index contributed by atoms with van der Waals surface area (Å²) in [6.45, 7) is 5.89. The number of carboxylic acid groups (broad SMARTS) is 1. The van der Waals surface area contributed by atoms with E-state index >= 15 is 4.39 Å². The fourth-order valence-electron chi connectivity index (χ4n) is 5.60. The highest BCUT2D eigenvalue weighted by molar-refractivity contribution is 8.00. The number of H-pyrrole nitrogens is 1. The van der Waals surface area contributed by atoms with Crippen LogP contribution in [0.1, 0.15) is 52.1 Å². The Hall–Kier alpha value is -2.62. The Kier molecular flexibility index (Phi) is 5.82. The second-order valence-corrected chi connectivity index (χ2v) is 12.2. The van der Waals surface area contributed by atoms with Crippen molar-refractivity contribution in [3.8, 4) is 11.5 Å². The molecule has 34 heavy (non-hydrogen) atoms. The number of aromatic amines is 1. The minimum absolute atomic E-state index is 0.130. The van der Waals surface area contributed by atoms with Gasteiger partial charge in [-0.25, -0.2) is 23.7 Å². The summed E-state index contributed by atoms with van der Waals surface area (Å²) in [5.41, 5.74) is 0.873. The zero-order valence-corrected chi connectivity index (χ0v) is 20.1. The topological polar surface area (TPSA) is 105 Å². The van der Waals surface area contributed by atoms with E-state index in [0.717, 1.165) is 31.9 Å². The minimum atomic E-state index is -0.806. The molecule has 2 atom stereocenters. The SMILES string of the molecule is CC(C)(C)Sc1nc(-c2[nH]nc3ncc(F)cc23)nc(CC2C3CCC(CC3)C2C(=O)O)c1F. The Labute approximate surface area is 200 Å². The predicted octanol–water partition coefficient (Wildman–Crippen LogP) is 5.26. The zero-order valence-electron chi connectivity index (χ0n) is 19.3. The standard InChI is InChI=1S/C24H27F2N5O2S/c1-24(2,3)34-22-18(26)16(9-14-11-4-6-12(7-5-11)17(14)23(32)33)28-21(29-22)19-15-8-13(25)10-27-20(15)31-30-19/h8,10-12,14,17H,4-7,9H2,1-3H3,(H,32,33)(H,27,30,31). The Balaban J connectivity index is 1.61. The first-order valence-corrected chi connectivity index (χ1v) is 12.4. The Morgan fingerprint density at radius 1 is 1.18 bits per heavy atom. The summed E-state index contributed by atoms with van der Waals surface area (Å²) in [5.74, 6) is -1.93. The predicted molar refractivity (Wildman–Crippen MR) is 124 cm³/mol. The Bertz CT molecular complexity index is 1250. The van der Waals surface area contributed by atoms with Gasteiger partial charge < -0.3 is 5.11 Å². The number of rotatable bonds is 5. The van der Waals surface area contributed by atoms with Crippen LogP contribution in [-0.4, -0.2) is 41.0 Å². The van der Waals surface area contributed by atoms with Gasteiger partial charge in [-0.15, -0.1) is 0 Å². The lowest BCUT2D eigenvalue weighted by Gasteiger charge is -2.46. The van der Waals surface area contributed by atoms with Crippen molar-refractivity contribution in [1.29, 1.82) is 0 Å². The quantitative estimate of drug-likeness (QED) is 0.373. The van der Waals surface area contributed by atoms with Crippen LogP contribution in [0.25, 0.3) is 22.6 Å². The number of aromatic nitrogens is 5. The number of nitrogens with one attached hydrogen (secondary N) is 1. The van der Waals surface area contributed by atoms with Crippen LogP contribution in [0.15, 0.2) is 17.3 Å². The molecule has 3 saturated carbocycles. The van der Waals surface area contributed by atoms with Crippen molar-refractivity contribution in [2.24, 2.45) is 23.7 Å². The molecule has 2 unspecified atom stereocenters. The first-order chi connectivity index (χ1) is 16.1. The lowest BCUT2D eigenvalue weighted by molar-refractivity contribution is -0.152. The first kappa shape index (κ1) is 23.1. The lowest BCUT2D eigenvalue weighted by atomic mass is 9.57. The number of nitrogens with zero attached hydrogens (tertiary/aromatic N) is 4. The molecule has 3 fully saturated rings. The van der Waals surface area contributed by atoms with Crippen LogP contribution in [0.5, 0.6) is 0 Å². The fraction of sp³-hybridized carbons (Fsp3) is 0.542. The Morgan fingerprint density at radius 2 is 1.88 bits per heavy atom. The summed E-state index contributed by atoms with van der Waals surface area (Å²) in [4.78, 5) is 25.1. The maximum absolute atomic E-state index is 15.7. The van der Waals surface area contributed by atoms with Gasteiger partial charge in [0.1, 0.15) is 16.5 Å². The molecule has 0 saturated heterocycles. The molecule has 2 N–H and O–H groups in total. The number of carbonyl (C=O) groups is 1. The van der Waals surface area contributed by atoms with E-state index in [4.69, 9.17) is 0 Å². The summed E-state index contributed by atoms with van der Waals surface area (Å²) in [7, 11) is 0. The minimum Gasteiger partial charge on any atom is -0.481 e. The molecular weight excluding hydrogens is 460 g/mol. The average Bonchev–Trinajstić information content (AvgIpc) is 3.19. The molecule has 3 aromatic heterocycles. The van der Waals surface area contributed by atoms with Crippen molar-refractivity contribution in [2.45, 2.75) is 62.6 Å². The maximum atomic E-state index is 15.7. The van der Waals surface area contributed by atoms with E-state index in [1.807, 2.05) is 20.8 Å². The van der Waals surface area contributed by atoms with E-state index in [2.05, 4.69) is 25.1 Å². The van der Waals surface area contributed by atoms with Crippen LogP contribution in [-0.2, 0) is 11.2 Å². The zero-order chi connectivity index (χ0) is 24.2. The van der Waals surface area contributed by atoms with Gasteiger partial charge in [0.25, 0.3) is 0 Å². The third kappa shape index (κ3) is 4.28. The van der Waals surface area contributed by atoms with E-state index in [9.17, 15) is 14.3 Å². The highest BCUT2D eigenvalue weighted by Crippen LogP contribution is 2.50. The lowest BCUT2D eigenvalue weighted by Crippen LogP contribution is -2.45. The van der Waals surface area contributed by atoms with E-state index in [-0.39, 0.29) is 45.5 Å². The number of thioether (sulfide) groups is 1. The maximum Gasteiger partial charge on any atom is 0.307 e. The van der Waals surface area contributed by atoms with Crippen molar-refractivity contribution in [2.75, 3.05) is 0 Å². The molecule has 0 radical (unpaired) electrons. The molecule has 2 bridgehead atoms. The summed E-state index contributed by atoms with van der Waals surface area (Å²) < 4.78 is 29.3. The van der Waals surface area contributed by atoms with Crippen LogP contribution in [0.2, 0.25) is 0 Å². The smallest absolute Gasteiger partial charge is 0.307 e. The molecule has 0 aliphatic heterocycles. The molecule has 0 aromatic carbocycles. The van der Waals surface area contributed by atoms with Gasteiger partial charge in [0.15, 0.2) is 17.3 Å². The molecular formula is C24H27F2N5O2S. The molecule has 0 amide bonds. The molecule has 180 valence electrons. The van der Waals surface area contributed by atoms with Gasteiger partial charge in [0.2, 0.25) is 0 Å². The monoisotopic (exact) mass is 487 g/mol. The molecule has 3 aliphatic carbocycles. The van der Waals surface area contributed by atoms with E-state index in [0.29, 0.717) is 16.7 Å². The summed E-state index contributed by atoms with van der Waals surface area (Å²) in [6.07, 6.45) is 5.08. The number of pyridine rings is 1. The number of hydrogen-bond donors (Lipinski definition) is 2. The highest BCUT2D eigenvalue weighted by Gasteiger charge is 2.47. The highest BCUT2D eigenvalue weighted by atomic mass is 32.2. The normalized spacial score (nSPS) is 24.6. The van der Waals surface area contributed by atoms with E-state index in [1.165, 1.54) is 17.8 Å². The van der Waals surface area contributed by atoms with Gasteiger partial charge in [0, 0.05) is 4.75 Å². The van der Waals surface area contributed by atoms with E-state index in [1.54, 1.807) is 0 Å². The van der Waals surface area contributed by atoms with Gasteiger partial charge in [-0.3, -0.25) is 9.89 Å². The molecule has 3 aromatic rings. The third-order valence-electron chi connectivity index (χ3n) is 7.00. The number of fused-ring (bicyclic) bond motifs is 4. The number of carboxylic acids is 1. The molecule has 3 aliphatic rings. The van der Waals surface area contributed by atoms with Crippen molar-refractivity contribution < 1.29 is 18.7 Å². The van der Waals surface area contributed by atoms with E-state index < -0.39 is 23.5 Å². The number of halogens is 2. The van der Waals surface area contributed by atoms with Crippen molar-refractivity contribution in [3.05, 3.63) is 29.6 Å². The summed E-state index contributed by atoms with van der Waals surface area (Å²) in [5, 5.41) is 17.5. The summed E-state index contributed by atoms with van der Waals surface area (Å²) in [6, 6.07) is 1.30. The fourth-order valence-corrected chi connectivity index (χ4v) is 6.52. The second-order valence-electron chi connectivity index (χ2n) is 10.4. The largest absolute Gasteiger partial charge is 0.481 e. The summed E-state index contributed by atoms with van der Waals surface area (Å²) >= 11 is 1.28. The average molecular weight is 488 g/mol. The molecule has 0 spiro atoms. The molecule has 10 heteroatoms. The number of hydrogen-bond acceptors (Lipinski definition) is 6. The first-order valence-electron chi connectivity index (χ1n) is 11.6. The van der Waals surface area contributed by atoms with Crippen molar-refractivity contribution >= 4 is 28.8 Å². The number of aliphatic carboxylic acids is 1. The van der Waals surface area contributed by atoms with Crippen LogP contribution in [0.3, 0.4) is 0 Å². The Morgan fingerprint density at radius 3 is 2.56 bits per heavy atom. The molecule has 3 heterocycles. The molecule has 7 nitrogen and oxygen atoms in total. The van der Waals surface area contributed by atoms with Gasteiger partial charge in [-0.05, 0) is 55.9 Å².